The molecular formula is C21H32O. The van der Waals surface area contributed by atoms with E-state index in [1.165, 1.54) is 36.8 Å². The van der Waals surface area contributed by atoms with Gasteiger partial charge in [-0.05, 0) is 57.8 Å². The molecule has 5 rings (SSSR count). The van der Waals surface area contributed by atoms with Gasteiger partial charge < -0.3 is 5.11 Å². The molecule has 1 spiro atoms. The highest BCUT2D eigenvalue weighted by molar-refractivity contribution is 5.55. The van der Waals surface area contributed by atoms with Gasteiger partial charge in [0, 0.05) is 17.8 Å². The third kappa shape index (κ3) is 1.33. The number of rotatable bonds is 1. The second-order valence-electron chi connectivity index (χ2n) is 9.30. The second-order valence-corrected chi connectivity index (χ2v) is 9.30. The van der Waals surface area contributed by atoms with Crippen LogP contribution in [0.15, 0.2) is 22.3 Å². The van der Waals surface area contributed by atoms with Crippen LogP contribution in [0.25, 0.3) is 0 Å². The minimum Gasteiger partial charge on any atom is -0.389 e. The molecule has 0 aromatic rings. The number of hydrogen-bond donors (Lipinski definition) is 1. The molecule has 0 aromatic carbocycles. The zero-order valence-electron chi connectivity index (χ0n) is 15.2. The highest BCUT2D eigenvalue weighted by Gasteiger charge is 2.81. The van der Waals surface area contributed by atoms with E-state index in [0.29, 0.717) is 35.0 Å². The third-order valence-corrected chi connectivity index (χ3v) is 7.86. The van der Waals surface area contributed by atoms with Crippen LogP contribution in [0.3, 0.4) is 0 Å². The van der Waals surface area contributed by atoms with Gasteiger partial charge in [-0.2, -0.15) is 0 Å². The lowest BCUT2D eigenvalue weighted by Gasteiger charge is -2.38. The van der Waals surface area contributed by atoms with Crippen molar-refractivity contribution in [3.8, 4) is 0 Å². The first-order valence-corrected chi connectivity index (χ1v) is 9.35. The fourth-order valence-corrected chi connectivity index (χ4v) is 7.49. The van der Waals surface area contributed by atoms with Crippen LogP contribution in [-0.2, 0) is 0 Å². The summed E-state index contributed by atoms with van der Waals surface area (Å²) in [6, 6.07) is 0. The van der Waals surface area contributed by atoms with Crippen molar-refractivity contribution in [1.82, 2.24) is 0 Å². The first-order chi connectivity index (χ1) is 10.3. The third-order valence-electron chi connectivity index (χ3n) is 7.86. The molecule has 1 N–H and O–H groups in total. The Morgan fingerprint density at radius 1 is 0.955 bits per heavy atom. The van der Waals surface area contributed by atoms with E-state index in [4.69, 9.17) is 0 Å². The maximum atomic E-state index is 11.9. The Morgan fingerprint density at radius 2 is 1.45 bits per heavy atom. The van der Waals surface area contributed by atoms with E-state index in [1.807, 2.05) is 0 Å². The van der Waals surface area contributed by atoms with E-state index in [0.717, 1.165) is 0 Å². The van der Waals surface area contributed by atoms with E-state index >= 15 is 0 Å². The Hall–Kier alpha value is -0.560. The van der Waals surface area contributed by atoms with Gasteiger partial charge in [0.2, 0.25) is 0 Å². The topological polar surface area (TPSA) is 20.2 Å². The molecule has 0 saturated heterocycles. The van der Waals surface area contributed by atoms with Gasteiger partial charge in [-0.15, -0.1) is 0 Å². The quantitative estimate of drug-likeness (QED) is 0.667. The van der Waals surface area contributed by atoms with Crippen LogP contribution in [0, 0.1) is 35.0 Å². The predicted molar refractivity (Wildman–Crippen MR) is 91.4 cm³/mol. The normalized spacial score (nSPS) is 44.2. The maximum absolute atomic E-state index is 11.9. The number of hydrogen-bond acceptors (Lipinski definition) is 1. The number of allylic oxidation sites excluding steroid dienone is 3. The monoisotopic (exact) mass is 300 g/mol. The summed E-state index contributed by atoms with van der Waals surface area (Å²) in [6.45, 7) is 13.7. The SMILES string of the molecule is CC(C)=C1[C@H]2C(=C(C)C)[C@H]3[C@@H]1C(O)(C(C)C)[C@@H]2C31CCCC1. The van der Waals surface area contributed by atoms with Gasteiger partial charge in [-0.3, -0.25) is 0 Å². The Bertz CT molecular complexity index is 545. The Balaban J connectivity index is 1.99. The van der Waals surface area contributed by atoms with Crippen molar-refractivity contribution >= 4 is 0 Å². The minimum atomic E-state index is -0.453. The zero-order chi connectivity index (χ0) is 16.0. The molecule has 0 aliphatic heterocycles. The Kier molecular flexibility index (Phi) is 2.92. The molecule has 5 aliphatic carbocycles. The highest BCUT2D eigenvalue weighted by Crippen LogP contribution is 2.83. The van der Waals surface area contributed by atoms with Crippen LogP contribution >= 0.6 is 0 Å². The van der Waals surface area contributed by atoms with Crippen molar-refractivity contribution in [2.24, 2.45) is 35.0 Å². The molecule has 5 fully saturated rings. The molecule has 0 aromatic heterocycles. The molecule has 22 heavy (non-hydrogen) atoms. The largest absolute Gasteiger partial charge is 0.389 e. The molecule has 1 heteroatoms. The van der Waals surface area contributed by atoms with E-state index < -0.39 is 5.60 Å². The van der Waals surface area contributed by atoms with Crippen molar-refractivity contribution < 1.29 is 5.11 Å². The average molecular weight is 300 g/mol. The summed E-state index contributed by atoms with van der Waals surface area (Å²) in [4.78, 5) is 0. The van der Waals surface area contributed by atoms with Gasteiger partial charge in [0.1, 0.15) is 0 Å². The lowest BCUT2D eigenvalue weighted by molar-refractivity contribution is -0.0694. The summed E-state index contributed by atoms with van der Waals surface area (Å²) < 4.78 is 0. The summed E-state index contributed by atoms with van der Waals surface area (Å²) >= 11 is 0. The van der Waals surface area contributed by atoms with Crippen LogP contribution in [0.5, 0.6) is 0 Å². The highest BCUT2D eigenvalue weighted by atomic mass is 16.3. The van der Waals surface area contributed by atoms with Crippen LogP contribution in [0.1, 0.15) is 67.2 Å². The fraction of sp³-hybridized carbons (Fsp3) is 0.810. The Morgan fingerprint density at radius 3 is 1.91 bits per heavy atom. The van der Waals surface area contributed by atoms with Crippen LogP contribution in [0.2, 0.25) is 0 Å². The van der Waals surface area contributed by atoms with Crippen molar-refractivity contribution in [3.05, 3.63) is 22.3 Å². The molecule has 0 radical (unpaired) electrons. The lowest BCUT2D eigenvalue weighted by Crippen LogP contribution is -2.45. The summed E-state index contributed by atoms with van der Waals surface area (Å²) in [5.74, 6) is 2.48. The van der Waals surface area contributed by atoms with Gasteiger partial charge in [0.05, 0.1) is 5.60 Å². The van der Waals surface area contributed by atoms with Crippen molar-refractivity contribution in [1.29, 1.82) is 0 Å². The maximum Gasteiger partial charge on any atom is 0.0784 e. The van der Waals surface area contributed by atoms with E-state index in [9.17, 15) is 5.11 Å². The smallest absolute Gasteiger partial charge is 0.0784 e. The molecule has 5 saturated carbocycles. The van der Waals surface area contributed by atoms with Gasteiger partial charge in [0.15, 0.2) is 0 Å². The number of aliphatic hydroxyl groups is 1. The molecule has 5 aliphatic rings. The van der Waals surface area contributed by atoms with E-state index in [2.05, 4.69) is 41.5 Å². The van der Waals surface area contributed by atoms with E-state index in [-0.39, 0.29) is 0 Å². The van der Waals surface area contributed by atoms with Gasteiger partial charge >= 0.3 is 0 Å². The molecule has 1 nitrogen and oxygen atoms in total. The summed E-state index contributed by atoms with van der Waals surface area (Å²) in [7, 11) is 0. The van der Waals surface area contributed by atoms with Crippen LogP contribution in [-0.4, -0.2) is 10.7 Å². The molecule has 5 atom stereocenters. The lowest BCUT2D eigenvalue weighted by atomic mass is 9.68. The molecule has 0 heterocycles. The van der Waals surface area contributed by atoms with E-state index in [1.54, 1.807) is 11.1 Å². The van der Waals surface area contributed by atoms with Gasteiger partial charge in [-0.25, -0.2) is 0 Å². The first-order valence-electron chi connectivity index (χ1n) is 9.35. The zero-order valence-corrected chi connectivity index (χ0v) is 15.2. The molecule has 4 bridgehead atoms. The molecule has 1 unspecified atom stereocenters. The molecule has 122 valence electrons. The minimum absolute atomic E-state index is 0.364. The van der Waals surface area contributed by atoms with Gasteiger partial charge in [-0.1, -0.05) is 49.0 Å². The molecule has 0 amide bonds. The van der Waals surface area contributed by atoms with Gasteiger partial charge in [0.25, 0.3) is 0 Å². The summed E-state index contributed by atoms with van der Waals surface area (Å²) in [6.07, 6.45) is 5.47. The molecular weight excluding hydrogens is 268 g/mol. The summed E-state index contributed by atoms with van der Waals surface area (Å²) in [5.41, 5.74) is 6.35. The summed E-state index contributed by atoms with van der Waals surface area (Å²) in [5, 5.41) is 11.9. The van der Waals surface area contributed by atoms with Crippen molar-refractivity contribution in [3.63, 3.8) is 0 Å². The first kappa shape index (κ1) is 15.0. The Labute approximate surface area is 135 Å². The average Bonchev–Trinajstić information content (AvgIpc) is 3.14. The van der Waals surface area contributed by atoms with Crippen LogP contribution < -0.4 is 0 Å². The standard InChI is InChI=1S/C21H32O/c1-11(2)14-16-15(12(3)4)18-17(14)20(9-7-8-10-20)19(16)21(18,22)13(5)6/h13,16-19,22H,7-10H2,1-6H3/t16-,17+,18-,19+,21?/m1/s1. The van der Waals surface area contributed by atoms with Crippen LogP contribution in [0.4, 0.5) is 0 Å². The second kappa shape index (κ2) is 4.29. The van der Waals surface area contributed by atoms with Crippen molar-refractivity contribution in [2.45, 2.75) is 72.8 Å². The predicted octanol–water partition coefficient (Wildman–Crippen LogP) is 5.11. The fourth-order valence-electron chi connectivity index (χ4n) is 7.49. The van der Waals surface area contributed by atoms with Crippen molar-refractivity contribution in [2.75, 3.05) is 0 Å².